The quantitative estimate of drug-likeness (QED) is 0.253. The van der Waals surface area contributed by atoms with Gasteiger partial charge in [0.05, 0.1) is 18.5 Å². The zero-order chi connectivity index (χ0) is 17.5. The number of aromatic nitrogens is 4. The number of hydrogen-bond donors (Lipinski definition) is 1. The molecular formula is C16H14N6O2S. The third kappa shape index (κ3) is 4.21. The summed E-state index contributed by atoms with van der Waals surface area (Å²) < 4.78 is 6.31. The number of hydrogen-bond acceptors (Lipinski definition) is 8. The molecule has 9 heteroatoms. The molecule has 0 aliphatic carbocycles. The summed E-state index contributed by atoms with van der Waals surface area (Å²) in [6.45, 7) is 0. The van der Waals surface area contributed by atoms with Crippen LogP contribution in [0.5, 0.6) is 0 Å². The van der Waals surface area contributed by atoms with Gasteiger partial charge in [-0.25, -0.2) is 4.79 Å². The molecule has 0 fully saturated rings. The van der Waals surface area contributed by atoms with E-state index >= 15 is 0 Å². The first kappa shape index (κ1) is 16.7. The molecule has 0 atom stereocenters. The van der Waals surface area contributed by atoms with E-state index in [2.05, 4.69) is 26.1 Å². The van der Waals surface area contributed by atoms with E-state index in [4.69, 9.17) is 4.74 Å². The van der Waals surface area contributed by atoms with Crippen molar-refractivity contribution >= 4 is 28.5 Å². The zero-order valence-corrected chi connectivity index (χ0v) is 14.1. The highest BCUT2D eigenvalue weighted by Crippen LogP contribution is 2.20. The molecule has 1 heterocycles. The van der Waals surface area contributed by atoms with Crippen molar-refractivity contribution < 1.29 is 9.53 Å². The molecule has 0 saturated carbocycles. The first-order chi connectivity index (χ1) is 12.3. The van der Waals surface area contributed by atoms with Gasteiger partial charge in [-0.2, -0.15) is 9.78 Å². The van der Waals surface area contributed by atoms with Gasteiger partial charge in [0.1, 0.15) is 0 Å². The first-order valence-electron chi connectivity index (χ1n) is 7.26. The van der Waals surface area contributed by atoms with E-state index in [1.807, 2.05) is 60.7 Å². The number of thioether (sulfide) groups is 1. The molecular weight excluding hydrogens is 340 g/mol. The smallest absolute Gasteiger partial charge is 0.365 e. The lowest BCUT2D eigenvalue weighted by Crippen LogP contribution is -2.15. The Morgan fingerprint density at radius 2 is 1.80 bits per heavy atom. The van der Waals surface area contributed by atoms with Gasteiger partial charge < -0.3 is 4.74 Å². The lowest BCUT2D eigenvalue weighted by molar-refractivity contribution is -0.132. The second-order valence-corrected chi connectivity index (χ2v) is 5.65. The van der Waals surface area contributed by atoms with Crippen molar-refractivity contribution in [2.45, 2.75) is 5.16 Å². The third-order valence-corrected chi connectivity index (χ3v) is 3.94. The maximum atomic E-state index is 12.0. The van der Waals surface area contributed by atoms with Crippen LogP contribution in [0.4, 0.5) is 5.69 Å². The van der Waals surface area contributed by atoms with Crippen LogP contribution in [0.1, 0.15) is 0 Å². The van der Waals surface area contributed by atoms with Crippen molar-refractivity contribution in [1.82, 2.24) is 20.2 Å². The van der Waals surface area contributed by atoms with Crippen LogP contribution in [0.15, 0.2) is 70.9 Å². The van der Waals surface area contributed by atoms with Gasteiger partial charge in [0, 0.05) is 0 Å². The SMILES string of the molecule is COC(=O)C(=NNc1ccccc1)Sc1nnnn1-c1ccccc1. The largest absolute Gasteiger partial charge is 0.464 e. The summed E-state index contributed by atoms with van der Waals surface area (Å²) in [5.74, 6) is -0.587. The summed E-state index contributed by atoms with van der Waals surface area (Å²) >= 11 is 1.01. The number of carbonyl (C=O) groups is 1. The molecule has 0 amide bonds. The molecule has 0 saturated heterocycles. The van der Waals surface area contributed by atoms with Gasteiger partial charge in [0.2, 0.25) is 10.2 Å². The number of benzene rings is 2. The van der Waals surface area contributed by atoms with E-state index in [1.165, 1.54) is 11.8 Å². The summed E-state index contributed by atoms with van der Waals surface area (Å²) in [7, 11) is 1.29. The highest BCUT2D eigenvalue weighted by Gasteiger charge is 2.19. The van der Waals surface area contributed by atoms with Crippen LogP contribution in [0.2, 0.25) is 0 Å². The summed E-state index contributed by atoms with van der Waals surface area (Å²) in [6, 6.07) is 18.6. The second kappa shape index (κ2) is 8.06. The van der Waals surface area contributed by atoms with Crippen molar-refractivity contribution in [2.24, 2.45) is 5.10 Å². The van der Waals surface area contributed by atoms with Crippen LogP contribution in [0.25, 0.3) is 5.69 Å². The van der Waals surface area contributed by atoms with Gasteiger partial charge in [0.15, 0.2) is 0 Å². The molecule has 3 aromatic rings. The topological polar surface area (TPSA) is 94.3 Å². The van der Waals surface area contributed by atoms with Crippen molar-refractivity contribution in [3.8, 4) is 5.69 Å². The Labute approximate surface area is 147 Å². The van der Waals surface area contributed by atoms with E-state index < -0.39 is 5.97 Å². The number of carbonyl (C=O) groups excluding carboxylic acids is 1. The monoisotopic (exact) mass is 354 g/mol. The molecule has 25 heavy (non-hydrogen) atoms. The van der Waals surface area contributed by atoms with Gasteiger partial charge in [-0.3, -0.25) is 5.43 Å². The molecule has 0 aliphatic rings. The van der Waals surface area contributed by atoms with Crippen molar-refractivity contribution in [1.29, 1.82) is 0 Å². The van der Waals surface area contributed by atoms with Gasteiger partial charge in [0.25, 0.3) is 0 Å². The van der Waals surface area contributed by atoms with E-state index in [-0.39, 0.29) is 5.04 Å². The maximum absolute atomic E-state index is 12.0. The molecule has 0 unspecified atom stereocenters. The van der Waals surface area contributed by atoms with Gasteiger partial charge >= 0.3 is 5.97 Å². The number of hydrazone groups is 1. The van der Waals surface area contributed by atoms with Gasteiger partial charge in [-0.05, 0) is 46.5 Å². The van der Waals surface area contributed by atoms with Crippen molar-refractivity contribution in [2.75, 3.05) is 12.5 Å². The molecule has 1 aromatic heterocycles. The first-order valence-corrected chi connectivity index (χ1v) is 8.08. The number of esters is 1. The third-order valence-electron chi connectivity index (χ3n) is 3.05. The predicted octanol–water partition coefficient (Wildman–Crippen LogP) is 2.35. The minimum atomic E-state index is -0.587. The number of anilines is 1. The van der Waals surface area contributed by atoms with Gasteiger partial charge in [-0.15, -0.1) is 5.10 Å². The Morgan fingerprint density at radius 1 is 1.12 bits per heavy atom. The number of tetrazole rings is 1. The number of methoxy groups -OCH3 is 1. The highest BCUT2D eigenvalue weighted by atomic mass is 32.2. The number of ether oxygens (including phenoxy) is 1. The van der Waals surface area contributed by atoms with Crippen LogP contribution in [0, 0.1) is 0 Å². The molecule has 0 aliphatic heterocycles. The van der Waals surface area contributed by atoms with Crippen LogP contribution in [-0.2, 0) is 9.53 Å². The lowest BCUT2D eigenvalue weighted by Gasteiger charge is -2.06. The maximum Gasteiger partial charge on any atom is 0.365 e. The molecule has 2 aromatic carbocycles. The predicted molar refractivity (Wildman–Crippen MR) is 94.5 cm³/mol. The van der Waals surface area contributed by atoms with Crippen LogP contribution >= 0.6 is 11.8 Å². The van der Waals surface area contributed by atoms with E-state index in [9.17, 15) is 4.79 Å². The van der Waals surface area contributed by atoms with Crippen molar-refractivity contribution in [3.05, 3.63) is 60.7 Å². The highest BCUT2D eigenvalue weighted by molar-refractivity contribution is 8.15. The van der Waals surface area contributed by atoms with Crippen LogP contribution < -0.4 is 5.43 Å². The summed E-state index contributed by atoms with van der Waals surface area (Å²) in [4.78, 5) is 12.0. The fourth-order valence-corrected chi connectivity index (χ4v) is 2.62. The van der Waals surface area contributed by atoms with E-state index in [0.29, 0.717) is 5.16 Å². The Morgan fingerprint density at radius 3 is 2.48 bits per heavy atom. The number of para-hydroxylation sites is 2. The standard InChI is InChI=1S/C16H14N6O2S/c1-24-15(23)14(18-17-12-8-4-2-5-9-12)25-16-19-20-21-22(16)13-10-6-3-7-11-13/h2-11,17H,1H3. The lowest BCUT2D eigenvalue weighted by atomic mass is 10.3. The minimum Gasteiger partial charge on any atom is -0.464 e. The average Bonchev–Trinajstić information content (AvgIpc) is 3.14. The average molecular weight is 354 g/mol. The zero-order valence-electron chi connectivity index (χ0n) is 13.2. The molecule has 1 N–H and O–H groups in total. The Hall–Kier alpha value is -3.20. The fourth-order valence-electron chi connectivity index (χ4n) is 1.89. The van der Waals surface area contributed by atoms with Crippen molar-refractivity contribution in [3.63, 3.8) is 0 Å². The summed E-state index contributed by atoms with van der Waals surface area (Å²) in [5, 5.41) is 16.2. The van der Waals surface area contributed by atoms with E-state index in [1.54, 1.807) is 0 Å². The van der Waals surface area contributed by atoms with Crippen LogP contribution in [0.3, 0.4) is 0 Å². The molecule has 3 rings (SSSR count). The fraction of sp³-hybridized carbons (Fsp3) is 0.0625. The number of nitrogens with zero attached hydrogens (tertiary/aromatic N) is 5. The Kier molecular flexibility index (Phi) is 5.37. The van der Waals surface area contributed by atoms with Crippen LogP contribution in [-0.4, -0.2) is 38.3 Å². The summed E-state index contributed by atoms with van der Waals surface area (Å²) in [6.07, 6.45) is 0. The normalized spacial score (nSPS) is 11.2. The molecule has 8 nitrogen and oxygen atoms in total. The Balaban J connectivity index is 1.85. The molecule has 126 valence electrons. The molecule has 0 spiro atoms. The number of nitrogens with one attached hydrogen (secondary N) is 1. The Bertz CT molecular complexity index is 867. The summed E-state index contributed by atoms with van der Waals surface area (Å²) in [5.41, 5.74) is 4.34. The van der Waals surface area contributed by atoms with Gasteiger partial charge in [-0.1, -0.05) is 36.4 Å². The number of rotatable bonds is 4. The van der Waals surface area contributed by atoms with E-state index in [0.717, 1.165) is 23.1 Å². The minimum absolute atomic E-state index is 0.0818. The molecule has 0 bridgehead atoms. The second-order valence-electron chi connectivity index (χ2n) is 4.70. The molecule has 0 radical (unpaired) electrons.